The number of carbonyl (C=O) groups is 1. The van der Waals surface area contributed by atoms with Gasteiger partial charge >= 0.3 is 0 Å². The molecule has 2 aromatic rings. The second-order valence-corrected chi connectivity index (χ2v) is 6.44. The van der Waals surface area contributed by atoms with Gasteiger partial charge in [0.2, 0.25) is 0 Å². The smallest absolute Gasteiger partial charge is 0.254 e. The average molecular weight is 372 g/mol. The fourth-order valence-electron chi connectivity index (χ4n) is 3.29. The summed E-state index contributed by atoms with van der Waals surface area (Å²) in [7, 11) is 1.59. The lowest BCUT2D eigenvalue weighted by atomic mass is 9.92. The van der Waals surface area contributed by atoms with E-state index >= 15 is 0 Å². The number of hydrogen-bond acceptors (Lipinski definition) is 3. The number of rotatable bonds is 7. The second-order valence-electron chi connectivity index (χ2n) is 6.44. The molecule has 0 fully saturated rings. The van der Waals surface area contributed by atoms with E-state index in [1.165, 1.54) is 0 Å². The molecule has 0 bridgehead atoms. The summed E-state index contributed by atoms with van der Waals surface area (Å²) in [5.74, 6) is -0.113. The Kier molecular flexibility index (Phi) is 7.95. The molecule has 4 nitrogen and oxygen atoms in total. The van der Waals surface area contributed by atoms with E-state index in [2.05, 4.69) is 0 Å². The average Bonchev–Trinajstić information content (AvgIpc) is 3.03. The predicted octanol–water partition coefficient (Wildman–Crippen LogP) is 3.90. The van der Waals surface area contributed by atoms with Crippen LogP contribution in [0, 0.1) is 0 Å². The molecule has 0 saturated carbocycles. The molecule has 1 aliphatic rings. The molecule has 1 aliphatic heterocycles. The van der Waals surface area contributed by atoms with Crippen molar-refractivity contribution in [1.82, 2.24) is 4.90 Å². The molecule has 2 N–H and O–H groups in total. The molecule has 0 saturated heterocycles. The zero-order valence-corrected chi connectivity index (χ0v) is 16.3. The molecule has 27 heavy (non-hydrogen) atoms. The molecule has 146 valence electrons. The van der Waals surface area contributed by atoms with Gasteiger partial charge in [0.25, 0.3) is 5.91 Å². The van der Waals surface area contributed by atoms with Gasteiger partial charge in [-0.1, -0.05) is 56.3 Å². The van der Waals surface area contributed by atoms with Gasteiger partial charge in [0.1, 0.15) is 6.67 Å². The van der Waals surface area contributed by atoms with E-state index in [0.29, 0.717) is 19.7 Å². The molecule has 0 spiro atoms. The van der Waals surface area contributed by atoms with E-state index in [1.807, 2.05) is 67.3 Å². The number of alkyl halides is 1. The Morgan fingerprint density at radius 2 is 1.81 bits per heavy atom. The first-order valence-electron chi connectivity index (χ1n) is 9.40. The Morgan fingerprint density at radius 1 is 1.15 bits per heavy atom. The van der Waals surface area contributed by atoms with Crippen LogP contribution in [-0.2, 0) is 17.8 Å². The third kappa shape index (κ3) is 4.93. The minimum absolute atomic E-state index is 0.0661. The normalized spacial score (nSPS) is 15.0. The van der Waals surface area contributed by atoms with E-state index in [1.54, 1.807) is 7.11 Å². The van der Waals surface area contributed by atoms with Crippen LogP contribution >= 0.6 is 0 Å². The molecule has 5 heteroatoms. The molecule has 0 radical (unpaired) electrons. The van der Waals surface area contributed by atoms with Gasteiger partial charge in [-0.15, -0.1) is 0 Å². The largest absolute Gasteiger partial charge is 0.384 e. The summed E-state index contributed by atoms with van der Waals surface area (Å²) >= 11 is 0. The molecule has 3 rings (SSSR count). The second kappa shape index (κ2) is 10.2. The Balaban J connectivity index is 0.00000126. The zero-order chi connectivity index (χ0) is 19.8. The number of nitrogens with zero attached hydrogens (tertiary/aromatic N) is 1. The minimum atomic E-state index is -0.587. The third-order valence-corrected chi connectivity index (χ3v) is 4.72. The van der Waals surface area contributed by atoms with Crippen LogP contribution in [0.15, 0.2) is 48.5 Å². The Bertz CT molecular complexity index is 733. The van der Waals surface area contributed by atoms with Crippen LogP contribution in [0.3, 0.4) is 0 Å². The van der Waals surface area contributed by atoms with Crippen LogP contribution in [0.2, 0.25) is 0 Å². The summed E-state index contributed by atoms with van der Waals surface area (Å²) in [6.07, 6.45) is 0. The minimum Gasteiger partial charge on any atom is -0.384 e. The van der Waals surface area contributed by atoms with Crippen LogP contribution in [0.4, 0.5) is 4.39 Å². The first-order valence-corrected chi connectivity index (χ1v) is 9.40. The number of nitrogens with two attached hydrogens (primary N) is 1. The first-order chi connectivity index (χ1) is 13.1. The van der Waals surface area contributed by atoms with Crippen molar-refractivity contribution in [2.45, 2.75) is 38.9 Å². The molecule has 0 aliphatic carbocycles. The fraction of sp³-hybridized carbons (Fsp3) is 0.409. The van der Waals surface area contributed by atoms with Crippen LogP contribution in [0.1, 0.15) is 46.8 Å². The number of methoxy groups -OCH3 is 1. The lowest BCUT2D eigenvalue weighted by Crippen LogP contribution is -2.33. The van der Waals surface area contributed by atoms with E-state index in [4.69, 9.17) is 10.5 Å². The summed E-state index contributed by atoms with van der Waals surface area (Å²) in [4.78, 5) is 14.3. The van der Waals surface area contributed by atoms with Crippen molar-refractivity contribution < 1.29 is 13.9 Å². The zero-order valence-electron chi connectivity index (χ0n) is 16.3. The summed E-state index contributed by atoms with van der Waals surface area (Å²) in [5.41, 5.74) is 9.71. The van der Waals surface area contributed by atoms with Gasteiger partial charge < -0.3 is 15.4 Å². The Labute approximate surface area is 161 Å². The Hall–Kier alpha value is -2.24. The van der Waals surface area contributed by atoms with Crippen molar-refractivity contribution in [2.24, 2.45) is 5.73 Å². The monoisotopic (exact) mass is 372 g/mol. The quantitative estimate of drug-likeness (QED) is 0.802. The van der Waals surface area contributed by atoms with Crippen molar-refractivity contribution >= 4 is 5.91 Å². The third-order valence-electron chi connectivity index (χ3n) is 4.72. The van der Waals surface area contributed by atoms with Crippen LogP contribution in [0.25, 0.3) is 0 Å². The molecule has 1 heterocycles. The fourth-order valence-corrected chi connectivity index (χ4v) is 3.29. The summed E-state index contributed by atoms with van der Waals surface area (Å²) in [5, 5.41) is 0. The van der Waals surface area contributed by atoms with Crippen molar-refractivity contribution in [3.63, 3.8) is 0 Å². The van der Waals surface area contributed by atoms with Gasteiger partial charge in [0.15, 0.2) is 0 Å². The van der Waals surface area contributed by atoms with E-state index < -0.39 is 12.7 Å². The SMILES string of the molecule is CC.COCC(c1ccc(CN2Cc3ccccc3C2=O)cc1)[C@H](N)CF. The molecule has 1 amide bonds. The number of amides is 1. The molecule has 2 atom stereocenters. The standard InChI is InChI=1S/C20H23FN2O2.C2H6/c1-25-13-18(19(22)10-21)15-8-6-14(7-9-15)11-23-12-16-4-2-3-5-17(16)20(23)24;1-2/h2-9,18-19H,10-13,22H2,1H3;1-2H3/t18?,19-;/m1./s1. The van der Waals surface area contributed by atoms with Gasteiger partial charge in [-0.3, -0.25) is 4.79 Å². The highest BCUT2D eigenvalue weighted by molar-refractivity contribution is 5.98. The highest BCUT2D eigenvalue weighted by Gasteiger charge is 2.26. The topological polar surface area (TPSA) is 55.6 Å². The van der Waals surface area contributed by atoms with Crippen LogP contribution < -0.4 is 5.73 Å². The van der Waals surface area contributed by atoms with Gasteiger partial charge in [-0.2, -0.15) is 0 Å². The van der Waals surface area contributed by atoms with Gasteiger partial charge in [0.05, 0.1) is 6.61 Å². The molecule has 2 aromatic carbocycles. The number of ether oxygens (including phenoxy) is 1. The van der Waals surface area contributed by atoms with Crippen molar-refractivity contribution in [1.29, 1.82) is 0 Å². The maximum Gasteiger partial charge on any atom is 0.254 e. The number of fused-ring (bicyclic) bond motifs is 1. The van der Waals surface area contributed by atoms with Crippen molar-refractivity contribution in [3.8, 4) is 0 Å². The van der Waals surface area contributed by atoms with E-state index in [-0.39, 0.29) is 11.8 Å². The van der Waals surface area contributed by atoms with Gasteiger partial charge in [-0.25, -0.2) is 4.39 Å². The lowest BCUT2D eigenvalue weighted by molar-refractivity contribution is 0.0766. The van der Waals surface area contributed by atoms with Crippen molar-refractivity contribution in [2.75, 3.05) is 20.4 Å². The molecular formula is C22H29FN2O2. The maximum atomic E-state index is 12.9. The first kappa shape index (κ1) is 21.1. The van der Waals surface area contributed by atoms with Crippen LogP contribution in [0.5, 0.6) is 0 Å². The highest BCUT2D eigenvalue weighted by Crippen LogP contribution is 2.25. The summed E-state index contributed by atoms with van der Waals surface area (Å²) in [6, 6.07) is 15.0. The number of halogens is 1. The maximum absolute atomic E-state index is 12.9. The number of carbonyl (C=O) groups excluding carboxylic acids is 1. The van der Waals surface area contributed by atoms with E-state index in [0.717, 1.165) is 22.3 Å². The molecule has 0 aromatic heterocycles. The van der Waals surface area contributed by atoms with Gasteiger partial charge in [0, 0.05) is 37.7 Å². The predicted molar refractivity (Wildman–Crippen MR) is 106 cm³/mol. The van der Waals surface area contributed by atoms with Crippen LogP contribution in [-0.4, -0.2) is 37.2 Å². The Morgan fingerprint density at radius 3 is 2.41 bits per heavy atom. The van der Waals surface area contributed by atoms with Gasteiger partial charge in [-0.05, 0) is 22.8 Å². The van der Waals surface area contributed by atoms with E-state index in [9.17, 15) is 9.18 Å². The van der Waals surface area contributed by atoms with Crippen molar-refractivity contribution in [3.05, 3.63) is 70.8 Å². The lowest BCUT2D eigenvalue weighted by Gasteiger charge is -2.22. The molecular weight excluding hydrogens is 343 g/mol. The number of hydrogen-bond donors (Lipinski definition) is 1. The summed E-state index contributed by atoms with van der Waals surface area (Å²) < 4.78 is 18.1. The summed E-state index contributed by atoms with van der Waals surface area (Å²) in [6.45, 7) is 4.98. The molecule has 1 unspecified atom stereocenters. The highest BCUT2D eigenvalue weighted by atomic mass is 19.1. The number of benzene rings is 2.